The van der Waals surface area contributed by atoms with Crippen LogP contribution in [0.15, 0.2) is 47.1 Å². The Bertz CT molecular complexity index is 771. The molecule has 1 aliphatic heterocycles. The highest BCUT2D eigenvalue weighted by atomic mass is 16.6. The third-order valence-corrected chi connectivity index (χ3v) is 3.45. The van der Waals surface area contributed by atoms with E-state index in [1.807, 2.05) is 6.07 Å². The second kappa shape index (κ2) is 6.19. The number of hydrogen-bond acceptors (Lipinski definition) is 7. The fraction of sp³-hybridized carbons (Fsp3) is 0.200. The van der Waals surface area contributed by atoms with Crippen molar-refractivity contribution in [2.75, 3.05) is 7.11 Å². The molecule has 1 aromatic rings. The van der Waals surface area contributed by atoms with Crippen molar-refractivity contribution < 1.29 is 19.2 Å². The topological polar surface area (TPSA) is 128 Å². The first-order chi connectivity index (χ1) is 10.9. The van der Waals surface area contributed by atoms with Crippen molar-refractivity contribution in [3.05, 3.63) is 62.7 Å². The molecule has 0 bridgehead atoms. The number of nitro benzene ring substituents is 1. The van der Waals surface area contributed by atoms with Crippen LogP contribution in [0.5, 0.6) is 0 Å². The number of hydrogen-bond donors (Lipinski definition) is 1. The summed E-state index contributed by atoms with van der Waals surface area (Å²) < 4.78 is 9.99. The number of nitrogens with two attached hydrogens (primary N) is 1. The smallest absolute Gasteiger partial charge is 0.338 e. The lowest BCUT2D eigenvalue weighted by molar-refractivity contribution is -0.384. The molecule has 1 heterocycles. The van der Waals surface area contributed by atoms with Gasteiger partial charge >= 0.3 is 5.97 Å². The summed E-state index contributed by atoms with van der Waals surface area (Å²) >= 11 is 0. The van der Waals surface area contributed by atoms with E-state index < -0.39 is 16.8 Å². The first-order valence-electron chi connectivity index (χ1n) is 6.51. The predicted molar refractivity (Wildman–Crippen MR) is 78.5 cm³/mol. The number of nitro groups is 1. The Kier molecular flexibility index (Phi) is 4.32. The van der Waals surface area contributed by atoms with E-state index in [1.165, 1.54) is 38.3 Å². The molecule has 0 saturated heterocycles. The molecular weight excluding hydrogens is 302 g/mol. The zero-order valence-corrected chi connectivity index (χ0v) is 12.4. The molecule has 0 amide bonds. The van der Waals surface area contributed by atoms with Gasteiger partial charge in [-0.25, -0.2) is 4.79 Å². The Balaban J connectivity index is 2.60. The molecule has 1 unspecified atom stereocenters. The standard InChI is InChI=1S/C15H13N3O5/c1-8-12(15(19)22-2)13(11(7-16)14(17)23-8)9-3-5-10(6-4-9)18(20)21/h3-6,13H,17H2,1-2H3. The minimum absolute atomic E-state index is 0.0462. The van der Waals surface area contributed by atoms with E-state index in [-0.39, 0.29) is 28.5 Å². The molecule has 8 heteroatoms. The highest BCUT2D eigenvalue weighted by molar-refractivity contribution is 5.92. The molecule has 1 atom stereocenters. The van der Waals surface area contributed by atoms with Gasteiger partial charge in [0.2, 0.25) is 5.88 Å². The van der Waals surface area contributed by atoms with Gasteiger partial charge in [0.05, 0.1) is 23.5 Å². The summed E-state index contributed by atoms with van der Waals surface area (Å²) in [5, 5.41) is 20.1. The Morgan fingerprint density at radius 3 is 2.52 bits per heavy atom. The second-order valence-electron chi connectivity index (χ2n) is 4.73. The number of allylic oxidation sites excluding steroid dienone is 2. The van der Waals surface area contributed by atoms with Crippen LogP contribution in [0.4, 0.5) is 5.69 Å². The van der Waals surface area contributed by atoms with E-state index >= 15 is 0 Å². The molecule has 8 nitrogen and oxygen atoms in total. The minimum Gasteiger partial charge on any atom is -0.466 e. The van der Waals surface area contributed by atoms with Crippen molar-refractivity contribution in [1.82, 2.24) is 0 Å². The molecule has 0 aliphatic carbocycles. The Morgan fingerprint density at radius 2 is 2.04 bits per heavy atom. The third kappa shape index (κ3) is 2.85. The molecule has 0 aromatic heterocycles. The number of esters is 1. The van der Waals surface area contributed by atoms with E-state index in [2.05, 4.69) is 0 Å². The highest BCUT2D eigenvalue weighted by Crippen LogP contribution is 2.39. The van der Waals surface area contributed by atoms with Crippen molar-refractivity contribution in [2.45, 2.75) is 12.8 Å². The minimum atomic E-state index is -0.804. The van der Waals surface area contributed by atoms with Crippen LogP contribution in [0, 0.1) is 21.4 Å². The normalized spacial score (nSPS) is 17.3. The maximum absolute atomic E-state index is 12.1. The maximum atomic E-state index is 12.1. The lowest BCUT2D eigenvalue weighted by Crippen LogP contribution is -2.25. The van der Waals surface area contributed by atoms with Gasteiger partial charge in [0.15, 0.2) is 0 Å². The van der Waals surface area contributed by atoms with E-state index in [0.29, 0.717) is 5.56 Å². The van der Waals surface area contributed by atoms with Crippen molar-refractivity contribution in [2.24, 2.45) is 5.73 Å². The highest BCUT2D eigenvalue weighted by Gasteiger charge is 2.36. The molecule has 0 spiro atoms. The summed E-state index contributed by atoms with van der Waals surface area (Å²) in [6, 6.07) is 7.44. The number of non-ortho nitro benzene ring substituents is 1. The fourth-order valence-electron chi connectivity index (χ4n) is 2.38. The van der Waals surface area contributed by atoms with Crippen LogP contribution < -0.4 is 5.73 Å². The molecule has 1 aromatic carbocycles. The first-order valence-corrected chi connectivity index (χ1v) is 6.51. The SMILES string of the molecule is COC(=O)C1=C(C)OC(N)=C(C#N)C1c1ccc([N+](=O)[O-])cc1. The summed E-state index contributed by atoms with van der Waals surface area (Å²) in [7, 11) is 1.21. The predicted octanol–water partition coefficient (Wildman–Crippen LogP) is 1.85. The average Bonchev–Trinajstić information content (AvgIpc) is 2.53. The van der Waals surface area contributed by atoms with Crippen LogP contribution in [0.25, 0.3) is 0 Å². The summed E-state index contributed by atoms with van der Waals surface area (Å²) in [4.78, 5) is 22.3. The van der Waals surface area contributed by atoms with Crippen molar-refractivity contribution >= 4 is 11.7 Å². The van der Waals surface area contributed by atoms with E-state index in [1.54, 1.807) is 0 Å². The van der Waals surface area contributed by atoms with E-state index in [4.69, 9.17) is 15.2 Å². The second-order valence-corrected chi connectivity index (χ2v) is 4.73. The number of carbonyl (C=O) groups is 1. The number of benzene rings is 1. The lowest BCUT2D eigenvalue weighted by Gasteiger charge is -2.26. The monoisotopic (exact) mass is 315 g/mol. The number of rotatable bonds is 3. The van der Waals surface area contributed by atoms with Gasteiger partial charge in [0.1, 0.15) is 17.4 Å². The quantitative estimate of drug-likeness (QED) is 0.512. The molecule has 23 heavy (non-hydrogen) atoms. The average molecular weight is 315 g/mol. The van der Waals surface area contributed by atoms with Crippen molar-refractivity contribution in [1.29, 1.82) is 5.26 Å². The Morgan fingerprint density at radius 1 is 1.43 bits per heavy atom. The number of ether oxygens (including phenoxy) is 2. The molecular formula is C15H13N3O5. The number of nitrogens with zero attached hydrogens (tertiary/aromatic N) is 2. The number of methoxy groups -OCH3 is 1. The lowest BCUT2D eigenvalue weighted by atomic mass is 9.83. The van der Waals surface area contributed by atoms with E-state index in [9.17, 15) is 20.2 Å². The molecule has 0 fully saturated rings. The molecule has 118 valence electrons. The van der Waals surface area contributed by atoms with Gasteiger partial charge in [-0.1, -0.05) is 12.1 Å². The third-order valence-electron chi connectivity index (χ3n) is 3.45. The van der Waals surface area contributed by atoms with Gasteiger partial charge in [-0.2, -0.15) is 5.26 Å². The molecule has 0 radical (unpaired) electrons. The van der Waals surface area contributed by atoms with Crippen LogP contribution >= 0.6 is 0 Å². The van der Waals surface area contributed by atoms with Gasteiger partial charge in [-0.3, -0.25) is 10.1 Å². The molecule has 2 rings (SSSR count). The largest absolute Gasteiger partial charge is 0.466 e. The van der Waals surface area contributed by atoms with Crippen molar-refractivity contribution in [3.63, 3.8) is 0 Å². The first kappa shape index (κ1) is 16.0. The van der Waals surface area contributed by atoms with Crippen molar-refractivity contribution in [3.8, 4) is 6.07 Å². The van der Waals surface area contributed by atoms with Crippen LogP contribution in [0.1, 0.15) is 18.4 Å². The van der Waals surface area contributed by atoms with Crippen LogP contribution in [-0.2, 0) is 14.3 Å². The van der Waals surface area contributed by atoms with Gasteiger partial charge in [0.25, 0.3) is 5.69 Å². The van der Waals surface area contributed by atoms with Crippen LogP contribution in [0.3, 0.4) is 0 Å². The van der Waals surface area contributed by atoms with Crippen LogP contribution in [0.2, 0.25) is 0 Å². The zero-order valence-electron chi connectivity index (χ0n) is 12.4. The maximum Gasteiger partial charge on any atom is 0.338 e. The number of nitriles is 1. The van der Waals surface area contributed by atoms with Crippen LogP contribution in [-0.4, -0.2) is 18.0 Å². The Hall–Kier alpha value is -3.34. The van der Waals surface area contributed by atoms with E-state index in [0.717, 1.165) is 0 Å². The van der Waals surface area contributed by atoms with Gasteiger partial charge < -0.3 is 15.2 Å². The summed E-state index contributed by atoms with van der Waals surface area (Å²) in [5.41, 5.74) is 6.31. The van der Waals surface area contributed by atoms with Gasteiger partial charge in [0, 0.05) is 12.1 Å². The zero-order chi connectivity index (χ0) is 17.1. The molecule has 2 N–H and O–H groups in total. The number of carbonyl (C=O) groups excluding carboxylic acids is 1. The molecule has 1 aliphatic rings. The summed E-state index contributed by atoms with van der Waals surface area (Å²) in [6.45, 7) is 1.53. The van der Waals surface area contributed by atoms with Gasteiger partial charge in [-0.05, 0) is 12.5 Å². The summed E-state index contributed by atoms with van der Waals surface area (Å²) in [5.74, 6) is -1.36. The summed E-state index contributed by atoms with van der Waals surface area (Å²) in [6.07, 6.45) is 0. The Labute approximate surface area is 131 Å². The van der Waals surface area contributed by atoms with Gasteiger partial charge in [-0.15, -0.1) is 0 Å². The molecule has 0 saturated carbocycles. The fourth-order valence-corrected chi connectivity index (χ4v) is 2.38.